The first-order valence-corrected chi connectivity index (χ1v) is 4.25. The summed E-state index contributed by atoms with van der Waals surface area (Å²) >= 11 is 8.75. The summed E-state index contributed by atoms with van der Waals surface area (Å²) in [5.74, 6) is 0.236. The van der Waals surface area contributed by atoms with Crippen molar-refractivity contribution in [3.8, 4) is 0 Å². The lowest BCUT2D eigenvalue weighted by molar-refractivity contribution is -0.117. The SMILES string of the molecule is CC(=O)CCCC(Cl)Br. The van der Waals surface area contributed by atoms with Gasteiger partial charge in [-0.05, 0) is 19.8 Å². The molecule has 3 heteroatoms. The van der Waals surface area contributed by atoms with E-state index < -0.39 is 0 Å². The zero-order valence-electron chi connectivity index (χ0n) is 5.36. The van der Waals surface area contributed by atoms with Gasteiger partial charge in [-0.15, -0.1) is 11.6 Å². The van der Waals surface area contributed by atoms with E-state index in [1.807, 2.05) is 0 Å². The van der Waals surface area contributed by atoms with Crippen LogP contribution >= 0.6 is 27.5 Å². The van der Waals surface area contributed by atoms with Crippen molar-refractivity contribution < 1.29 is 4.79 Å². The van der Waals surface area contributed by atoms with E-state index in [1.54, 1.807) is 6.92 Å². The molecule has 1 unspecified atom stereocenters. The molecule has 1 nitrogen and oxygen atoms in total. The summed E-state index contributed by atoms with van der Waals surface area (Å²) in [6, 6.07) is 0. The molecule has 0 radical (unpaired) electrons. The van der Waals surface area contributed by atoms with Gasteiger partial charge in [0, 0.05) is 6.42 Å². The van der Waals surface area contributed by atoms with Crippen molar-refractivity contribution in [2.45, 2.75) is 30.5 Å². The van der Waals surface area contributed by atoms with Crippen molar-refractivity contribution in [3.05, 3.63) is 0 Å². The number of hydrogen-bond acceptors (Lipinski definition) is 1. The van der Waals surface area contributed by atoms with Crippen LogP contribution in [0.4, 0.5) is 0 Å². The number of alkyl halides is 2. The third-order valence-corrected chi connectivity index (χ3v) is 1.63. The molecule has 54 valence electrons. The molecule has 0 spiro atoms. The van der Waals surface area contributed by atoms with Gasteiger partial charge in [0.15, 0.2) is 0 Å². The summed E-state index contributed by atoms with van der Waals surface area (Å²) in [4.78, 5) is 10.4. The zero-order valence-corrected chi connectivity index (χ0v) is 7.70. The van der Waals surface area contributed by atoms with E-state index >= 15 is 0 Å². The molecular formula is C6H10BrClO. The van der Waals surface area contributed by atoms with Gasteiger partial charge >= 0.3 is 0 Å². The first-order valence-electron chi connectivity index (χ1n) is 2.90. The first kappa shape index (κ1) is 9.44. The Morgan fingerprint density at radius 3 is 2.67 bits per heavy atom. The lowest BCUT2D eigenvalue weighted by Crippen LogP contribution is -1.92. The average molecular weight is 214 g/mol. The summed E-state index contributed by atoms with van der Waals surface area (Å²) in [6.45, 7) is 1.59. The topological polar surface area (TPSA) is 17.1 Å². The van der Waals surface area contributed by atoms with Crippen LogP contribution in [0, 0.1) is 0 Å². The average Bonchev–Trinajstić information content (AvgIpc) is 1.63. The van der Waals surface area contributed by atoms with E-state index in [9.17, 15) is 4.79 Å². The fourth-order valence-corrected chi connectivity index (χ4v) is 0.983. The van der Waals surface area contributed by atoms with Crippen molar-refractivity contribution in [1.29, 1.82) is 0 Å². The van der Waals surface area contributed by atoms with Crippen LogP contribution in [0.15, 0.2) is 0 Å². The lowest BCUT2D eigenvalue weighted by atomic mass is 10.2. The second-order valence-electron chi connectivity index (χ2n) is 1.99. The predicted molar refractivity (Wildman–Crippen MR) is 43.1 cm³/mol. The van der Waals surface area contributed by atoms with Gasteiger partial charge in [0.1, 0.15) is 5.78 Å². The Bertz CT molecular complexity index is 93.1. The minimum absolute atomic E-state index is 0.0249. The molecule has 0 aliphatic carbocycles. The van der Waals surface area contributed by atoms with Crippen LogP contribution in [0.1, 0.15) is 26.2 Å². The highest BCUT2D eigenvalue weighted by Crippen LogP contribution is 2.13. The van der Waals surface area contributed by atoms with Gasteiger partial charge in [-0.3, -0.25) is 0 Å². The molecule has 0 aromatic carbocycles. The minimum atomic E-state index is 0.0249. The summed E-state index contributed by atoms with van der Waals surface area (Å²) in [7, 11) is 0. The molecule has 1 atom stereocenters. The molecule has 0 saturated heterocycles. The number of ketones is 1. The van der Waals surface area contributed by atoms with Gasteiger partial charge in [-0.25, -0.2) is 0 Å². The highest BCUT2D eigenvalue weighted by molar-refractivity contribution is 9.10. The Labute approximate surface area is 68.9 Å². The van der Waals surface area contributed by atoms with Gasteiger partial charge in [0.25, 0.3) is 0 Å². The largest absolute Gasteiger partial charge is 0.300 e. The summed E-state index contributed by atoms with van der Waals surface area (Å²) in [6.07, 6.45) is 2.39. The van der Waals surface area contributed by atoms with Crippen LogP contribution in [-0.2, 0) is 4.79 Å². The Balaban J connectivity index is 3.01. The minimum Gasteiger partial charge on any atom is -0.300 e. The number of carbonyl (C=O) groups is 1. The van der Waals surface area contributed by atoms with Gasteiger partial charge in [-0.2, -0.15) is 0 Å². The second-order valence-corrected chi connectivity index (χ2v) is 4.14. The molecule has 0 aliphatic heterocycles. The smallest absolute Gasteiger partial charge is 0.129 e. The third-order valence-electron chi connectivity index (χ3n) is 0.951. The highest BCUT2D eigenvalue weighted by Gasteiger charge is 1.98. The van der Waals surface area contributed by atoms with Gasteiger partial charge < -0.3 is 4.79 Å². The van der Waals surface area contributed by atoms with E-state index in [1.165, 1.54) is 0 Å². The number of halogens is 2. The molecule has 0 aromatic rings. The Kier molecular flexibility index (Phi) is 5.50. The maximum Gasteiger partial charge on any atom is 0.129 e. The maximum absolute atomic E-state index is 10.4. The monoisotopic (exact) mass is 212 g/mol. The third kappa shape index (κ3) is 8.44. The van der Waals surface area contributed by atoms with Gasteiger partial charge in [0.2, 0.25) is 0 Å². The van der Waals surface area contributed by atoms with Crippen molar-refractivity contribution in [2.75, 3.05) is 0 Å². The van der Waals surface area contributed by atoms with E-state index in [2.05, 4.69) is 15.9 Å². The van der Waals surface area contributed by atoms with E-state index in [0.29, 0.717) is 6.42 Å². The Morgan fingerprint density at radius 1 is 1.78 bits per heavy atom. The van der Waals surface area contributed by atoms with E-state index in [4.69, 9.17) is 11.6 Å². The molecular weight excluding hydrogens is 203 g/mol. The molecule has 0 N–H and O–H groups in total. The molecule has 0 saturated carbocycles. The fourth-order valence-electron chi connectivity index (χ4n) is 0.505. The van der Waals surface area contributed by atoms with Crippen molar-refractivity contribution in [2.24, 2.45) is 0 Å². The second kappa shape index (κ2) is 5.24. The molecule has 0 heterocycles. The van der Waals surface area contributed by atoms with Crippen LogP contribution in [0.25, 0.3) is 0 Å². The summed E-state index contributed by atoms with van der Waals surface area (Å²) < 4.78 is 0.0249. The molecule has 0 amide bonds. The first-order chi connectivity index (χ1) is 4.13. The number of hydrogen-bond donors (Lipinski definition) is 0. The standard InChI is InChI=1S/C6H10BrClO/c1-5(9)3-2-4-6(7)8/h6H,2-4H2,1H3. The van der Waals surface area contributed by atoms with E-state index in [0.717, 1.165) is 12.8 Å². The van der Waals surface area contributed by atoms with Crippen LogP contribution in [0.3, 0.4) is 0 Å². The lowest BCUT2D eigenvalue weighted by Gasteiger charge is -1.96. The number of carbonyl (C=O) groups excluding carboxylic acids is 1. The zero-order chi connectivity index (χ0) is 7.28. The maximum atomic E-state index is 10.4. The van der Waals surface area contributed by atoms with Crippen molar-refractivity contribution in [3.63, 3.8) is 0 Å². The molecule has 0 bridgehead atoms. The van der Waals surface area contributed by atoms with E-state index in [-0.39, 0.29) is 10.1 Å². The fraction of sp³-hybridized carbons (Fsp3) is 0.833. The van der Waals surface area contributed by atoms with Crippen molar-refractivity contribution >= 4 is 33.3 Å². The Morgan fingerprint density at radius 2 is 2.33 bits per heavy atom. The van der Waals surface area contributed by atoms with Gasteiger partial charge in [-0.1, -0.05) is 15.9 Å². The molecule has 9 heavy (non-hydrogen) atoms. The summed E-state index contributed by atoms with van der Waals surface area (Å²) in [5, 5.41) is 0. The van der Waals surface area contributed by atoms with Crippen LogP contribution in [0.2, 0.25) is 0 Å². The summed E-state index contributed by atoms with van der Waals surface area (Å²) in [5.41, 5.74) is 0. The van der Waals surface area contributed by atoms with Crippen molar-refractivity contribution in [1.82, 2.24) is 0 Å². The highest BCUT2D eigenvalue weighted by atomic mass is 79.9. The predicted octanol–water partition coefficient (Wildman–Crippen LogP) is 2.71. The Hall–Kier alpha value is 0.440. The number of rotatable bonds is 4. The molecule has 0 aromatic heterocycles. The molecule has 0 fully saturated rings. The van der Waals surface area contributed by atoms with Crippen LogP contribution in [-0.4, -0.2) is 10.1 Å². The van der Waals surface area contributed by atoms with Crippen LogP contribution < -0.4 is 0 Å². The van der Waals surface area contributed by atoms with Crippen LogP contribution in [0.5, 0.6) is 0 Å². The number of Topliss-reactive ketones (excluding diaryl/α,β-unsaturated/α-hetero) is 1. The molecule has 0 rings (SSSR count). The molecule has 0 aliphatic rings. The van der Waals surface area contributed by atoms with Gasteiger partial charge in [0.05, 0.1) is 4.29 Å². The quantitative estimate of drug-likeness (QED) is 0.656. The normalized spacial score (nSPS) is 13.2.